The van der Waals surface area contributed by atoms with Gasteiger partial charge in [-0.05, 0) is 18.1 Å². The van der Waals surface area contributed by atoms with Gasteiger partial charge in [0.05, 0.1) is 11.4 Å². The summed E-state index contributed by atoms with van der Waals surface area (Å²) >= 11 is 0. The largest absolute Gasteiger partial charge is 0.480 e. The molecule has 26 heavy (non-hydrogen) atoms. The topological polar surface area (TPSA) is 128 Å². The van der Waals surface area contributed by atoms with Gasteiger partial charge in [-0.15, -0.1) is 0 Å². The average molecular weight is 362 g/mol. The number of aliphatic carboxylic acids is 1. The van der Waals surface area contributed by atoms with Gasteiger partial charge in [-0.2, -0.15) is 0 Å². The fraction of sp³-hybridized carbons (Fsp3) is 0.412. The van der Waals surface area contributed by atoms with Gasteiger partial charge in [-0.25, -0.2) is 4.79 Å². The molecule has 0 saturated heterocycles. The van der Waals surface area contributed by atoms with E-state index in [1.54, 1.807) is 31.2 Å². The Morgan fingerprint density at radius 1 is 1.31 bits per heavy atom. The van der Waals surface area contributed by atoms with Crippen LogP contribution in [-0.4, -0.2) is 48.1 Å². The Balaban J connectivity index is 2.17. The average Bonchev–Trinajstić information content (AvgIpc) is 2.62. The molecule has 0 aromatic heterocycles. The lowest BCUT2D eigenvalue weighted by Crippen LogP contribution is -2.56. The zero-order chi connectivity index (χ0) is 19.3. The minimum absolute atomic E-state index is 0.174. The molecule has 1 aromatic rings. The molecule has 1 aliphatic rings. The van der Waals surface area contributed by atoms with E-state index >= 15 is 0 Å². The van der Waals surface area contributed by atoms with Crippen LogP contribution in [0.2, 0.25) is 0 Å². The minimum Gasteiger partial charge on any atom is -0.480 e. The molecule has 0 fully saturated rings. The van der Waals surface area contributed by atoms with E-state index < -0.39 is 30.5 Å². The number of nitrogens with zero attached hydrogens (tertiary/aromatic N) is 1. The second kappa shape index (κ2) is 8.32. The lowest BCUT2D eigenvalue weighted by atomic mass is 9.98. The molecule has 0 spiro atoms. The molecule has 1 aromatic carbocycles. The van der Waals surface area contributed by atoms with Crippen LogP contribution < -0.4 is 20.9 Å². The maximum Gasteiger partial charge on any atom is 0.323 e. The van der Waals surface area contributed by atoms with E-state index in [1.165, 1.54) is 4.90 Å². The summed E-state index contributed by atoms with van der Waals surface area (Å²) < 4.78 is 0. The van der Waals surface area contributed by atoms with Crippen LogP contribution in [0.25, 0.3) is 0 Å². The summed E-state index contributed by atoms with van der Waals surface area (Å²) in [5.41, 5.74) is 1.03. The molecule has 2 atom stereocenters. The van der Waals surface area contributed by atoms with Gasteiger partial charge in [0.2, 0.25) is 11.8 Å². The smallest absolute Gasteiger partial charge is 0.323 e. The molecule has 140 valence electrons. The van der Waals surface area contributed by atoms with Crippen molar-refractivity contribution in [3.05, 3.63) is 24.3 Å². The van der Waals surface area contributed by atoms with E-state index in [1.807, 2.05) is 6.92 Å². The maximum absolute atomic E-state index is 12.7. The van der Waals surface area contributed by atoms with Crippen molar-refractivity contribution < 1.29 is 24.3 Å². The summed E-state index contributed by atoms with van der Waals surface area (Å²) in [5.74, 6) is -2.31. The number of rotatable bonds is 6. The minimum atomic E-state index is -1.17. The first kappa shape index (κ1) is 19.2. The van der Waals surface area contributed by atoms with E-state index in [0.29, 0.717) is 17.8 Å². The molecule has 2 rings (SSSR count). The third kappa shape index (κ3) is 4.50. The zero-order valence-electron chi connectivity index (χ0n) is 14.6. The highest BCUT2D eigenvalue weighted by atomic mass is 16.4. The molecule has 0 bridgehead atoms. The number of nitrogens with one attached hydrogen (secondary N) is 3. The number of fused-ring (bicyclic) bond motifs is 1. The highest BCUT2D eigenvalue weighted by Crippen LogP contribution is 2.28. The summed E-state index contributed by atoms with van der Waals surface area (Å²) in [6.07, 6.45) is 0.600. The standard InChI is InChI=1S/C17H22N4O5/c1-3-10(2)15(16(25)18-8-14(23)24)20-17(26)21-9-13(22)19-11-6-4-5-7-12(11)21/h4-7,10,15H,3,8-9H2,1-2H3,(H,18,25)(H,19,22)(H,20,26)(H,23,24)/t10?,15-/m0/s1. The second-order valence-electron chi connectivity index (χ2n) is 6.08. The number of hydrogen-bond donors (Lipinski definition) is 4. The van der Waals surface area contributed by atoms with Crippen LogP contribution in [0.4, 0.5) is 16.2 Å². The molecule has 9 nitrogen and oxygen atoms in total. The van der Waals surface area contributed by atoms with Gasteiger partial charge >= 0.3 is 12.0 Å². The van der Waals surface area contributed by atoms with Crippen LogP contribution in [-0.2, 0) is 14.4 Å². The van der Waals surface area contributed by atoms with E-state index in [4.69, 9.17) is 5.11 Å². The lowest BCUT2D eigenvalue weighted by Gasteiger charge is -2.31. The Bertz CT molecular complexity index is 721. The van der Waals surface area contributed by atoms with Crippen LogP contribution in [0.1, 0.15) is 20.3 Å². The Morgan fingerprint density at radius 3 is 2.65 bits per heavy atom. The number of urea groups is 1. The SMILES string of the molecule is CCC(C)[C@H](NC(=O)N1CC(=O)Nc2ccccc21)C(=O)NCC(=O)O. The summed E-state index contributed by atoms with van der Waals surface area (Å²) in [7, 11) is 0. The Morgan fingerprint density at radius 2 is 2.00 bits per heavy atom. The highest BCUT2D eigenvalue weighted by molar-refractivity contribution is 6.10. The summed E-state index contributed by atoms with van der Waals surface area (Å²) in [6.45, 7) is 2.93. The summed E-state index contributed by atoms with van der Waals surface area (Å²) in [5, 5.41) is 16.3. The van der Waals surface area contributed by atoms with E-state index in [9.17, 15) is 19.2 Å². The van der Waals surface area contributed by atoms with Crippen molar-refractivity contribution in [1.29, 1.82) is 0 Å². The van der Waals surface area contributed by atoms with Gasteiger partial charge in [-0.1, -0.05) is 32.4 Å². The Hall–Kier alpha value is -3.10. The first-order chi connectivity index (χ1) is 12.3. The van der Waals surface area contributed by atoms with Crippen LogP contribution >= 0.6 is 0 Å². The van der Waals surface area contributed by atoms with Crippen molar-refractivity contribution >= 4 is 35.2 Å². The fourth-order valence-corrected chi connectivity index (χ4v) is 2.60. The van der Waals surface area contributed by atoms with Crippen molar-refractivity contribution in [2.24, 2.45) is 5.92 Å². The maximum atomic E-state index is 12.7. The number of carboxylic acids is 1. The quantitative estimate of drug-likeness (QED) is 0.594. The van der Waals surface area contributed by atoms with Crippen molar-refractivity contribution in [2.75, 3.05) is 23.3 Å². The van der Waals surface area contributed by atoms with E-state index in [-0.39, 0.29) is 18.4 Å². The molecule has 4 N–H and O–H groups in total. The molecule has 9 heteroatoms. The number of benzene rings is 1. The van der Waals surface area contributed by atoms with Gasteiger partial charge in [0.1, 0.15) is 19.1 Å². The summed E-state index contributed by atoms with van der Waals surface area (Å²) in [6, 6.07) is 5.34. The monoisotopic (exact) mass is 362 g/mol. The number of hydrogen-bond acceptors (Lipinski definition) is 4. The highest BCUT2D eigenvalue weighted by Gasteiger charge is 2.31. The van der Waals surface area contributed by atoms with Gasteiger partial charge in [0.25, 0.3) is 0 Å². The number of para-hydroxylation sites is 2. The molecular weight excluding hydrogens is 340 g/mol. The number of carboxylic acid groups (broad SMARTS) is 1. The molecular formula is C17H22N4O5. The first-order valence-electron chi connectivity index (χ1n) is 8.29. The fourth-order valence-electron chi connectivity index (χ4n) is 2.60. The molecule has 1 heterocycles. The van der Waals surface area contributed by atoms with Crippen molar-refractivity contribution in [3.63, 3.8) is 0 Å². The molecule has 0 radical (unpaired) electrons. The van der Waals surface area contributed by atoms with Crippen LogP contribution in [0.5, 0.6) is 0 Å². The molecule has 0 aliphatic carbocycles. The number of anilines is 2. The molecule has 0 saturated carbocycles. The predicted molar refractivity (Wildman–Crippen MR) is 94.8 cm³/mol. The molecule has 1 aliphatic heterocycles. The van der Waals surface area contributed by atoms with Crippen molar-refractivity contribution in [2.45, 2.75) is 26.3 Å². The van der Waals surface area contributed by atoms with Crippen molar-refractivity contribution in [3.8, 4) is 0 Å². The van der Waals surface area contributed by atoms with Crippen LogP contribution in [0.3, 0.4) is 0 Å². The Labute approximate surface area is 150 Å². The number of carbonyl (C=O) groups is 4. The van der Waals surface area contributed by atoms with Crippen LogP contribution in [0, 0.1) is 5.92 Å². The van der Waals surface area contributed by atoms with Gasteiger partial charge in [0.15, 0.2) is 0 Å². The second-order valence-corrected chi connectivity index (χ2v) is 6.08. The van der Waals surface area contributed by atoms with Gasteiger partial charge < -0.3 is 21.1 Å². The van der Waals surface area contributed by atoms with Gasteiger partial charge in [-0.3, -0.25) is 19.3 Å². The van der Waals surface area contributed by atoms with E-state index in [0.717, 1.165) is 0 Å². The Kier molecular flexibility index (Phi) is 6.16. The van der Waals surface area contributed by atoms with Gasteiger partial charge in [0, 0.05) is 0 Å². The zero-order valence-corrected chi connectivity index (χ0v) is 14.6. The third-order valence-corrected chi connectivity index (χ3v) is 4.20. The number of carbonyl (C=O) groups excluding carboxylic acids is 3. The van der Waals surface area contributed by atoms with E-state index in [2.05, 4.69) is 16.0 Å². The summed E-state index contributed by atoms with van der Waals surface area (Å²) in [4.78, 5) is 48.8. The predicted octanol–water partition coefficient (Wildman–Crippen LogP) is 0.770. The third-order valence-electron chi connectivity index (χ3n) is 4.20. The lowest BCUT2D eigenvalue weighted by molar-refractivity contribution is -0.138. The van der Waals surface area contributed by atoms with Crippen molar-refractivity contribution in [1.82, 2.24) is 10.6 Å². The first-order valence-corrected chi connectivity index (χ1v) is 8.29. The number of amides is 4. The molecule has 1 unspecified atom stereocenters. The van der Waals surface area contributed by atoms with Crippen LogP contribution in [0.15, 0.2) is 24.3 Å². The normalized spacial score (nSPS) is 15.3. The molecule has 4 amide bonds.